The number of hydrogen-bond donors (Lipinski definition) is 1. The van der Waals surface area contributed by atoms with E-state index in [0.717, 1.165) is 11.3 Å². The number of ether oxygens (including phenoxy) is 2. The van der Waals surface area contributed by atoms with E-state index < -0.39 is 6.29 Å². The minimum atomic E-state index is -0.589. The minimum Gasteiger partial charge on any atom is -0.350 e. The van der Waals surface area contributed by atoms with Gasteiger partial charge in [-0.3, -0.25) is 4.79 Å². The van der Waals surface area contributed by atoms with Crippen LogP contribution in [0.1, 0.15) is 33.6 Å². The Hall–Kier alpha value is -2.24. The van der Waals surface area contributed by atoms with Crippen molar-refractivity contribution < 1.29 is 14.3 Å². The van der Waals surface area contributed by atoms with Crippen molar-refractivity contribution >= 4 is 11.6 Å². The van der Waals surface area contributed by atoms with Gasteiger partial charge in [0.25, 0.3) is 5.91 Å². The molecule has 0 aliphatic heterocycles. The van der Waals surface area contributed by atoms with E-state index in [-0.39, 0.29) is 5.91 Å². The van der Waals surface area contributed by atoms with Crippen molar-refractivity contribution in [3.63, 3.8) is 0 Å². The molecule has 5 nitrogen and oxygen atoms in total. The van der Waals surface area contributed by atoms with Gasteiger partial charge in [-0.2, -0.15) is 0 Å². The van der Waals surface area contributed by atoms with E-state index >= 15 is 0 Å². The summed E-state index contributed by atoms with van der Waals surface area (Å²) in [6.07, 6.45) is -0.589. The molecule has 0 saturated heterocycles. The van der Waals surface area contributed by atoms with E-state index in [9.17, 15) is 4.79 Å². The van der Waals surface area contributed by atoms with E-state index in [1.54, 1.807) is 18.2 Å². The first-order valence-corrected chi connectivity index (χ1v) is 6.96. The third kappa shape index (κ3) is 3.69. The van der Waals surface area contributed by atoms with Crippen LogP contribution in [0.2, 0.25) is 0 Å². The van der Waals surface area contributed by atoms with Crippen LogP contribution in [-0.4, -0.2) is 25.1 Å². The number of hydrogen-bond acceptors (Lipinski definition) is 4. The number of pyridine rings is 1. The molecule has 2 aromatic rings. The maximum absolute atomic E-state index is 12.3. The fourth-order valence-corrected chi connectivity index (χ4v) is 2.06. The lowest BCUT2D eigenvalue weighted by atomic mass is 10.1. The molecule has 0 aliphatic carbocycles. The van der Waals surface area contributed by atoms with Crippen molar-refractivity contribution in [3.05, 3.63) is 58.9 Å². The summed E-state index contributed by atoms with van der Waals surface area (Å²) in [5, 5.41) is 2.85. The number of methoxy groups -OCH3 is 2. The molecule has 116 valence electrons. The Morgan fingerprint density at radius 3 is 2.45 bits per heavy atom. The SMILES string of the molecule is COC(OC)c1cccc(C(=O)Nc2ccc(C)c(C)c2)n1. The second kappa shape index (κ2) is 7.15. The molecule has 0 bridgehead atoms. The van der Waals surface area contributed by atoms with Gasteiger partial charge in [0.05, 0.1) is 5.69 Å². The van der Waals surface area contributed by atoms with Crippen LogP contribution in [0.3, 0.4) is 0 Å². The zero-order chi connectivity index (χ0) is 16.1. The highest BCUT2D eigenvalue weighted by Crippen LogP contribution is 2.17. The van der Waals surface area contributed by atoms with Crippen molar-refractivity contribution in [1.82, 2.24) is 4.98 Å². The van der Waals surface area contributed by atoms with Gasteiger partial charge in [-0.25, -0.2) is 4.98 Å². The zero-order valence-electron chi connectivity index (χ0n) is 13.2. The Kier molecular flexibility index (Phi) is 5.25. The van der Waals surface area contributed by atoms with Crippen molar-refractivity contribution in [1.29, 1.82) is 0 Å². The number of carbonyl (C=O) groups is 1. The van der Waals surface area contributed by atoms with Gasteiger partial charge in [0.1, 0.15) is 5.69 Å². The molecule has 5 heteroatoms. The quantitative estimate of drug-likeness (QED) is 0.861. The zero-order valence-corrected chi connectivity index (χ0v) is 13.2. The molecule has 22 heavy (non-hydrogen) atoms. The molecule has 1 amide bonds. The third-order valence-electron chi connectivity index (χ3n) is 3.44. The van der Waals surface area contributed by atoms with Gasteiger partial charge >= 0.3 is 0 Å². The summed E-state index contributed by atoms with van der Waals surface area (Å²) in [6.45, 7) is 4.03. The van der Waals surface area contributed by atoms with E-state index in [0.29, 0.717) is 11.4 Å². The predicted molar refractivity (Wildman–Crippen MR) is 84.9 cm³/mol. The number of amides is 1. The molecule has 1 aromatic heterocycles. The maximum atomic E-state index is 12.3. The number of carbonyl (C=O) groups excluding carboxylic acids is 1. The van der Waals surface area contributed by atoms with E-state index in [4.69, 9.17) is 9.47 Å². The lowest BCUT2D eigenvalue weighted by molar-refractivity contribution is -0.108. The molecule has 0 radical (unpaired) electrons. The summed E-state index contributed by atoms with van der Waals surface area (Å²) >= 11 is 0. The van der Waals surface area contributed by atoms with Crippen LogP contribution in [0.4, 0.5) is 5.69 Å². The summed E-state index contributed by atoms with van der Waals surface area (Å²) in [4.78, 5) is 16.6. The molecule has 0 spiro atoms. The standard InChI is InChI=1S/C17H20N2O3/c1-11-8-9-13(10-12(11)2)18-16(20)14-6-5-7-15(19-14)17(21-3)22-4/h5-10,17H,1-4H3,(H,18,20). The normalized spacial score (nSPS) is 10.8. The highest BCUT2D eigenvalue weighted by atomic mass is 16.7. The summed E-state index contributed by atoms with van der Waals surface area (Å²) in [6, 6.07) is 10.9. The molecular weight excluding hydrogens is 280 g/mol. The van der Waals surface area contributed by atoms with Crippen molar-refractivity contribution in [3.8, 4) is 0 Å². The number of nitrogens with one attached hydrogen (secondary N) is 1. The Morgan fingerprint density at radius 2 is 1.82 bits per heavy atom. The molecule has 0 atom stereocenters. The number of aryl methyl sites for hydroxylation is 2. The Bertz CT molecular complexity index is 667. The summed E-state index contributed by atoms with van der Waals surface area (Å²) in [7, 11) is 3.05. The largest absolute Gasteiger partial charge is 0.350 e. The van der Waals surface area contributed by atoms with Gasteiger partial charge < -0.3 is 14.8 Å². The van der Waals surface area contributed by atoms with E-state index in [1.807, 2.05) is 32.0 Å². The second-order valence-corrected chi connectivity index (χ2v) is 5.00. The number of benzene rings is 1. The number of rotatable bonds is 5. The van der Waals surface area contributed by atoms with Crippen LogP contribution in [-0.2, 0) is 9.47 Å². The Labute approximate surface area is 130 Å². The smallest absolute Gasteiger partial charge is 0.274 e. The molecule has 2 rings (SSSR count). The first kappa shape index (κ1) is 16.1. The van der Waals surface area contributed by atoms with E-state index in [2.05, 4.69) is 10.3 Å². The summed E-state index contributed by atoms with van der Waals surface area (Å²) < 4.78 is 10.3. The molecule has 1 aromatic carbocycles. The molecular formula is C17H20N2O3. The third-order valence-corrected chi connectivity index (χ3v) is 3.44. The lowest BCUT2D eigenvalue weighted by Crippen LogP contribution is -2.16. The Morgan fingerprint density at radius 1 is 1.09 bits per heavy atom. The number of aromatic nitrogens is 1. The Balaban J connectivity index is 2.18. The fraction of sp³-hybridized carbons (Fsp3) is 0.294. The molecule has 0 saturated carbocycles. The molecule has 0 fully saturated rings. The number of nitrogens with zero attached hydrogens (tertiary/aromatic N) is 1. The molecule has 0 unspecified atom stereocenters. The van der Waals surface area contributed by atoms with Crippen LogP contribution < -0.4 is 5.32 Å². The first-order valence-electron chi connectivity index (χ1n) is 6.96. The average molecular weight is 300 g/mol. The van der Waals surface area contributed by atoms with Crippen LogP contribution in [0.15, 0.2) is 36.4 Å². The van der Waals surface area contributed by atoms with Crippen LogP contribution in [0.25, 0.3) is 0 Å². The maximum Gasteiger partial charge on any atom is 0.274 e. The minimum absolute atomic E-state index is 0.268. The highest BCUT2D eigenvalue weighted by Gasteiger charge is 2.14. The van der Waals surface area contributed by atoms with Gasteiger partial charge in [0.15, 0.2) is 0 Å². The average Bonchev–Trinajstić information content (AvgIpc) is 2.52. The molecule has 0 aliphatic rings. The fourth-order valence-electron chi connectivity index (χ4n) is 2.06. The lowest BCUT2D eigenvalue weighted by Gasteiger charge is -2.13. The van der Waals surface area contributed by atoms with Crippen molar-refractivity contribution in [2.45, 2.75) is 20.1 Å². The monoisotopic (exact) mass is 300 g/mol. The van der Waals surface area contributed by atoms with Crippen LogP contribution in [0.5, 0.6) is 0 Å². The van der Waals surface area contributed by atoms with Crippen molar-refractivity contribution in [2.75, 3.05) is 19.5 Å². The van der Waals surface area contributed by atoms with Crippen LogP contribution >= 0.6 is 0 Å². The van der Waals surface area contributed by atoms with Gasteiger partial charge in [-0.15, -0.1) is 0 Å². The predicted octanol–water partition coefficient (Wildman–Crippen LogP) is 3.24. The molecule has 1 N–H and O–H groups in total. The second-order valence-electron chi connectivity index (χ2n) is 5.00. The van der Waals surface area contributed by atoms with Crippen LogP contribution in [0, 0.1) is 13.8 Å². The van der Waals surface area contributed by atoms with Gasteiger partial charge in [-0.05, 0) is 49.2 Å². The van der Waals surface area contributed by atoms with E-state index in [1.165, 1.54) is 19.8 Å². The highest BCUT2D eigenvalue weighted by molar-refractivity contribution is 6.02. The first-order chi connectivity index (χ1) is 10.5. The van der Waals surface area contributed by atoms with Gasteiger partial charge in [-0.1, -0.05) is 12.1 Å². The summed E-state index contributed by atoms with van der Waals surface area (Å²) in [5.74, 6) is -0.268. The summed E-state index contributed by atoms with van der Waals surface area (Å²) in [5.41, 5.74) is 3.92. The molecule has 1 heterocycles. The van der Waals surface area contributed by atoms with Gasteiger partial charge in [0.2, 0.25) is 6.29 Å². The van der Waals surface area contributed by atoms with Crippen molar-refractivity contribution in [2.24, 2.45) is 0 Å². The number of anilines is 1. The topological polar surface area (TPSA) is 60.5 Å². The van der Waals surface area contributed by atoms with Gasteiger partial charge in [0, 0.05) is 19.9 Å².